The number of rotatable bonds is 1. The second kappa shape index (κ2) is 3.53. The zero-order valence-corrected chi connectivity index (χ0v) is 8.46. The third kappa shape index (κ3) is 1.57. The van der Waals surface area contributed by atoms with Gasteiger partial charge in [-0.15, -0.1) is 0 Å². The Labute approximate surface area is 82.7 Å². The van der Waals surface area contributed by atoms with E-state index in [1.54, 1.807) is 6.92 Å². The number of carbonyl (C=O) groups excluding carboxylic acids is 1. The third-order valence-corrected chi connectivity index (χ3v) is 2.55. The van der Waals surface area contributed by atoms with E-state index in [0.29, 0.717) is 18.9 Å². The highest BCUT2D eigenvalue weighted by atomic mass is 16.4. The van der Waals surface area contributed by atoms with Crippen LogP contribution in [0.15, 0.2) is 4.42 Å². The van der Waals surface area contributed by atoms with E-state index in [2.05, 4.69) is 10.3 Å². The fourth-order valence-corrected chi connectivity index (χ4v) is 1.86. The van der Waals surface area contributed by atoms with Gasteiger partial charge >= 0.3 is 0 Å². The molecule has 1 atom stereocenters. The Bertz CT molecular complexity index is 357. The summed E-state index contributed by atoms with van der Waals surface area (Å²) in [5.74, 6) is 1.56. The molecule has 0 spiro atoms. The number of aromatic nitrogens is 1. The standard InChI is InChI=1S/C10H14N2O2/c1-6-10(12-7(2)14-6)8-5-11-4-3-9(8)13/h8,11H,3-5H2,1-2H3. The minimum absolute atomic E-state index is 0.110. The van der Waals surface area contributed by atoms with Crippen molar-refractivity contribution in [3.05, 3.63) is 17.3 Å². The zero-order valence-electron chi connectivity index (χ0n) is 8.46. The lowest BCUT2D eigenvalue weighted by Gasteiger charge is -2.19. The number of Topliss-reactive ketones (excluding diaryl/α,β-unsaturated/α-hetero) is 1. The van der Waals surface area contributed by atoms with Crippen LogP contribution in [0.4, 0.5) is 0 Å². The first-order chi connectivity index (χ1) is 6.68. The lowest BCUT2D eigenvalue weighted by molar-refractivity contribution is -0.121. The molecule has 0 aliphatic carbocycles. The summed E-state index contributed by atoms with van der Waals surface area (Å²) in [5, 5.41) is 3.20. The van der Waals surface area contributed by atoms with Crippen molar-refractivity contribution in [3.8, 4) is 0 Å². The molecule has 0 radical (unpaired) electrons. The van der Waals surface area contributed by atoms with Crippen molar-refractivity contribution in [3.63, 3.8) is 0 Å². The van der Waals surface area contributed by atoms with E-state index in [1.807, 2.05) is 6.92 Å². The van der Waals surface area contributed by atoms with Crippen molar-refractivity contribution < 1.29 is 9.21 Å². The van der Waals surface area contributed by atoms with Crippen LogP contribution >= 0.6 is 0 Å². The Morgan fingerprint density at radius 3 is 2.86 bits per heavy atom. The minimum Gasteiger partial charge on any atom is -0.446 e. The molecule has 0 amide bonds. The minimum atomic E-state index is -0.110. The van der Waals surface area contributed by atoms with Crippen molar-refractivity contribution >= 4 is 5.78 Å². The summed E-state index contributed by atoms with van der Waals surface area (Å²) in [6.45, 7) is 5.13. The maximum Gasteiger partial charge on any atom is 0.191 e. The Balaban J connectivity index is 2.28. The molecule has 0 saturated carbocycles. The molecule has 4 nitrogen and oxygen atoms in total. The van der Waals surface area contributed by atoms with E-state index in [4.69, 9.17) is 4.42 Å². The molecular formula is C10H14N2O2. The Kier molecular flexibility index (Phi) is 2.37. The molecule has 1 fully saturated rings. The second-order valence-electron chi connectivity index (χ2n) is 3.65. The average molecular weight is 194 g/mol. The summed E-state index contributed by atoms with van der Waals surface area (Å²) in [6.07, 6.45) is 0.593. The number of aryl methyl sites for hydroxylation is 2. The van der Waals surface area contributed by atoms with Crippen LogP contribution in [0.1, 0.15) is 29.7 Å². The maximum absolute atomic E-state index is 11.6. The molecule has 2 heterocycles. The van der Waals surface area contributed by atoms with Crippen molar-refractivity contribution in [2.45, 2.75) is 26.2 Å². The van der Waals surface area contributed by atoms with E-state index in [9.17, 15) is 4.79 Å². The van der Waals surface area contributed by atoms with Gasteiger partial charge in [-0.2, -0.15) is 0 Å². The summed E-state index contributed by atoms with van der Waals surface area (Å²) < 4.78 is 5.32. The first-order valence-electron chi connectivity index (χ1n) is 4.86. The molecule has 1 N–H and O–H groups in total. The number of hydrogen-bond donors (Lipinski definition) is 1. The highest BCUT2D eigenvalue weighted by Crippen LogP contribution is 2.23. The number of piperidine rings is 1. The van der Waals surface area contributed by atoms with Crippen molar-refractivity contribution in [1.29, 1.82) is 0 Å². The molecule has 0 bridgehead atoms. The van der Waals surface area contributed by atoms with Gasteiger partial charge in [0.05, 0.1) is 11.6 Å². The Morgan fingerprint density at radius 1 is 1.50 bits per heavy atom. The van der Waals surface area contributed by atoms with Gasteiger partial charge < -0.3 is 9.73 Å². The number of hydrogen-bond acceptors (Lipinski definition) is 4. The van der Waals surface area contributed by atoms with Crippen LogP contribution < -0.4 is 5.32 Å². The van der Waals surface area contributed by atoms with Gasteiger partial charge in [-0.3, -0.25) is 4.79 Å². The summed E-state index contributed by atoms with van der Waals surface area (Å²) in [5.41, 5.74) is 0.805. The van der Waals surface area contributed by atoms with Gasteiger partial charge in [0.25, 0.3) is 0 Å². The van der Waals surface area contributed by atoms with Gasteiger partial charge in [-0.1, -0.05) is 0 Å². The highest BCUT2D eigenvalue weighted by molar-refractivity contribution is 5.86. The monoisotopic (exact) mass is 194 g/mol. The fourth-order valence-electron chi connectivity index (χ4n) is 1.86. The summed E-state index contributed by atoms with van der Waals surface area (Å²) in [4.78, 5) is 15.9. The van der Waals surface area contributed by atoms with Crippen molar-refractivity contribution in [1.82, 2.24) is 10.3 Å². The molecule has 1 aliphatic heterocycles. The number of nitrogens with zero attached hydrogens (tertiary/aromatic N) is 1. The molecule has 1 aliphatic rings. The predicted molar refractivity (Wildman–Crippen MR) is 51.2 cm³/mol. The quantitative estimate of drug-likeness (QED) is 0.722. The average Bonchev–Trinajstić information content (AvgIpc) is 2.46. The van der Waals surface area contributed by atoms with Crippen LogP contribution in [0.25, 0.3) is 0 Å². The lowest BCUT2D eigenvalue weighted by Crippen LogP contribution is -2.35. The zero-order chi connectivity index (χ0) is 10.1. The van der Waals surface area contributed by atoms with E-state index in [-0.39, 0.29) is 11.7 Å². The Morgan fingerprint density at radius 2 is 2.29 bits per heavy atom. The molecule has 1 unspecified atom stereocenters. The van der Waals surface area contributed by atoms with Crippen molar-refractivity contribution in [2.24, 2.45) is 0 Å². The Hall–Kier alpha value is -1.16. The van der Waals surface area contributed by atoms with Crippen LogP contribution in [0.2, 0.25) is 0 Å². The number of carbonyl (C=O) groups is 1. The fraction of sp³-hybridized carbons (Fsp3) is 0.600. The van der Waals surface area contributed by atoms with E-state index in [0.717, 1.165) is 18.0 Å². The molecule has 14 heavy (non-hydrogen) atoms. The number of ketones is 1. The first kappa shape index (κ1) is 9.40. The van der Waals surface area contributed by atoms with Crippen LogP contribution in [0, 0.1) is 13.8 Å². The van der Waals surface area contributed by atoms with Gasteiger partial charge in [-0.05, 0) is 6.92 Å². The highest BCUT2D eigenvalue weighted by Gasteiger charge is 2.28. The van der Waals surface area contributed by atoms with Gasteiger partial charge in [0.15, 0.2) is 5.89 Å². The summed E-state index contributed by atoms with van der Waals surface area (Å²) in [7, 11) is 0. The molecule has 1 saturated heterocycles. The van der Waals surface area contributed by atoms with E-state index in [1.165, 1.54) is 0 Å². The molecule has 1 aromatic rings. The smallest absolute Gasteiger partial charge is 0.191 e. The van der Waals surface area contributed by atoms with E-state index >= 15 is 0 Å². The molecular weight excluding hydrogens is 180 g/mol. The molecule has 76 valence electrons. The normalized spacial score (nSPS) is 22.7. The second-order valence-corrected chi connectivity index (χ2v) is 3.65. The largest absolute Gasteiger partial charge is 0.446 e. The summed E-state index contributed by atoms with van der Waals surface area (Å²) in [6, 6.07) is 0. The van der Waals surface area contributed by atoms with Crippen molar-refractivity contribution in [2.75, 3.05) is 13.1 Å². The summed E-state index contributed by atoms with van der Waals surface area (Å²) >= 11 is 0. The predicted octanol–water partition coefficient (Wildman–Crippen LogP) is 0.937. The molecule has 2 rings (SSSR count). The van der Waals surface area contributed by atoms with Gasteiger partial charge in [0.2, 0.25) is 0 Å². The first-order valence-corrected chi connectivity index (χ1v) is 4.86. The van der Waals surface area contributed by atoms with Gasteiger partial charge in [-0.25, -0.2) is 4.98 Å². The number of oxazole rings is 1. The van der Waals surface area contributed by atoms with Crippen LogP contribution in [0.3, 0.4) is 0 Å². The topological polar surface area (TPSA) is 55.1 Å². The van der Waals surface area contributed by atoms with Crippen LogP contribution in [-0.2, 0) is 4.79 Å². The van der Waals surface area contributed by atoms with Crippen LogP contribution in [-0.4, -0.2) is 23.9 Å². The van der Waals surface area contributed by atoms with Gasteiger partial charge in [0.1, 0.15) is 11.5 Å². The number of nitrogens with one attached hydrogen (secondary N) is 1. The molecule has 1 aromatic heterocycles. The SMILES string of the molecule is Cc1nc(C2CNCCC2=O)c(C)o1. The maximum atomic E-state index is 11.6. The molecule has 4 heteroatoms. The van der Waals surface area contributed by atoms with E-state index < -0.39 is 0 Å². The third-order valence-electron chi connectivity index (χ3n) is 2.55. The van der Waals surface area contributed by atoms with Crippen LogP contribution in [0.5, 0.6) is 0 Å². The molecule has 0 aromatic carbocycles. The van der Waals surface area contributed by atoms with Gasteiger partial charge in [0, 0.05) is 26.4 Å². The lowest BCUT2D eigenvalue weighted by atomic mass is 9.94.